The van der Waals surface area contributed by atoms with E-state index >= 15 is 0 Å². The third-order valence-corrected chi connectivity index (χ3v) is 3.61. The molecule has 0 aromatic rings. The fraction of sp³-hybridized carbons (Fsp3) is 1.00. The van der Waals surface area contributed by atoms with E-state index in [9.17, 15) is 0 Å². The molecule has 2 saturated heterocycles. The van der Waals surface area contributed by atoms with Gasteiger partial charge in [0.25, 0.3) is 0 Å². The minimum atomic E-state index is 0.380. The molecule has 0 aliphatic carbocycles. The fourth-order valence-electron chi connectivity index (χ4n) is 2.72. The van der Waals surface area contributed by atoms with Crippen LogP contribution in [-0.2, 0) is 9.47 Å². The zero-order chi connectivity index (χ0) is 11.2. The van der Waals surface area contributed by atoms with Crippen LogP contribution in [0, 0.1) is 5.92 Å². The van der Waals surface area contributed by atoms with Crippen LogP contribution in [0.4, 0.5) is 0 Å². The van der Waals surface area contributed by atoms with Gasteiger partial charge in [0, 0.05) is 13.1 Å². The number of hydrogen-bond acceptors (Lipinski definition) is 4. The highest BCUT2D eigenvalue weighted by Gasteiger charge is 2.23. The van der Waals surface area contributed by atoms with E-state index in [1.807, 2.05) is 0 Å². The monoisotopic (exact) mass is 228 g/mol. The maximum atomic E-state index is 5.63. The van der Waals surface area contributed by atoms with Gasteiger partial charge in [-0.3, -0.25) is 0 Å². The average molecular weight is 228 g/mol. The van der Waals surface area contributed by atoms with E-state index in [-0.39, 0.29) is 0 Å². The zero-order valence-corrected chi connectivity index (χ0v) is 10.1. The lowest BCUT2D eigenvalue weighted by Crippen LogP contribution is -2.42. The number of hydrogen-bond donors (Lipinski definition) is 1. The lowest BCUT2D eigenvalue weighted by atomic mass is 9.94. The Morgan fingerprint density at radius 1 is 1.31 bits per heavy atom. The Labute approximate surface area is 98.1 Å². The molecule has 2 heterocycles. The molecule has 94 valence electrons. The first-order valence-electron chi connectivity index (χ1n) is 6.50. The first-order chi connectivity index (χ1) is 7.88. The van der Waals surface area contributed by atoms with Gasteiger partial charge in [-0.1, -0.05) is 0 Å². The Morgan fingerprint density at radius 3 is 3.00 bits per heavy atom. The van der Waals surface area contributed by atoms with Crippen LogP contribution >= 0.6 is 0 Å². The highest BCUT2D eigenvalue weighted by Crippen LogP contribution is 2.20. The predicted octanol–water partition coefficient (Wildman–Crippen LogP) is 0.810. The van der Waals surface area contributed by atoms with Crippen molar-refractivity contribution >= 4 is 0 Å². The molecule has 16 heavy (non-hydrogen) atoms. The summed E-state index contributed by atoms with van der Waals surface area (Å²) in [5, 5.41) is 0. The fourth-order valence-corrected chi connectivity index (χ4v) is 2.72. The van der Waals surface area contributed by atoms with Crippen LogP contribution < -0.4 is 5.73 Å². The van der Waals surface area contributed by atoms with Gasteiger partial charge >= 0.3 is 0 Å². The highest BCUT2D eigenvalue weighted by molar-refractivity contribution is 4.76. The third kappa shape index (κ3) is 3.70. The van der Waals surface area contributed by atoms with Gasteiger partial charge in [0.2, 0.25) is 0 Å². The van der Waals surface area contributed by atoms with Crippen molar-refractivity contribution in [3.63, 3.8) is 0 Å². The summed E-state index contributed by atoms with van der Waals surface area (Å²) in [6, 6.07) is 0. The second-order valence-corrected chi connectivity index (χ2v) is 4.95. The van der Waals surface area contributed by atoms with Gasteiger partial charge in [0.05, 0.1) is 12.7 Å². The number of likely N-dealkylation sites (tertiary alicyclic amines) is 1. The summed E-state index contributed by atoms with van der Waals surface area (Å²) in [4.78, 5) is 2.54. The molecule has 2 unspecified atom stereocenters. The molecule has 2 atom stereocenters. The van der Waals surface area contributed by atoms with Crippen LogP contribution in [0.1, 0.15) is 25.7 Å². The average Bonchev–Trinajstić information content (AvgIpc) is 2.31. The van der Waals surface area contributed by atoms with Crippen LogP contribution in [0.3, 0.4) is 0 Å². The van der Waals surface area contributed by atoms with E-state index in [1.54, 1.807) is 0 Å². The van der Waals surface area contributed by atoms with Gasteiger partial charge in [0.15, 0.2) is 0 Å². The van der Waals surface area contributed by atoms with Crippen molar-refractivity contribution in [3.8, 4) is 0 Å². The molecule has 0 bridgehead atoms. The molecular weight excluding hydrogens is 204 g/mol. The maximum Gasteiger partial charge on any atom is 0.147 e. The van der Waals surface area contributed by atoms with Crippen LogP contribution in [0.2, 0.25) is 0 Å². The van der Waals surface area contributed by atoms with Crippen molar-refractivity contribution in [1.82, 2.24) is 4.90 Å². The molecule has 2 N–H and O–H groups in total. The lowest BCUT2D eigenvalue weighted by molar-refractivity contribution is -0.145. The van der Waals surface area contributed by atoms with E-state index in [0.29, 0.717) is 12.9 Å². The van der Waals surface area contributed by atoms with Gasteiger partial charge in [-0.2, -0.15) is 0 Å². The van der Waals surface area contributed by atoms with E-state index in [0.717, 1.165) is 32.0 Å². The van der Waals surface area contributed by atoms with Crippen LogP contribution in [0.15, 0.2) is 0 Å². The lowest BCUT2D eigenvalue weighted by Gasteiger charge is -2.35. The molecule has 4 heteroatoms. The topological polar surface area (TPSA) is 47.7 Å². The largest absolute Gasteiger partial charge is 0.355 e. The van der Waals surface area contributed by atoms with Gasteiger partial charge < -0.3 is 20.1 Å². The van der Waals surface area contributed by atoms with E-state index in [1.165, 1.54) is 32.4 Å². The number of nitrogens with two attached hydrogens (primary N) is 1. The van der Waals surface area contributed by atoms with E-state index in [4.69, 9.17) is 15.2 Å². The molecule has 0 amide bonds. The van der Waals surface area contributed by atoms with Gasteiger partial charge in [0.1, 0.15) is 6.79 Å². The van der Waals surface area contributed by atoms with Crippen LogP contribution in [0.25, 0.3) is 0 Å². The zero-order valence-electron chi connectivity index (χ0n) is 10.1. The van der Waals surface area contributed by atoms with Gasteiger partial charge in [-0.05, 0) is 44.7 Å². The molecule has 0 radical (unpaired) electrons. The van der Waals surface area contributed by atoms with Crippen molar-refractivity contribution in [3.05, 3.63) is 0 Å². The van der Waals surface area contributed by atoms with E-state index in [2.05, 4.69) is 4.90 Å². The Hall–Kier alpha value is -0.160. The molecular formula is C12H24N2O2. The summed E-state index contributed by atoms with van der Waals surface area (Å²) >= 11 is 0. The smallest absolute Gasteiger partial charge is 0.147 e. The molecule has 0 aromatic carbocycles. The third-order valence-electron chi connectivity index (χ3n) is 3.61. The number of piperidine rings is 1. The molecule has 2 aliphatic rings. The van der Waals surface area contributed by atoms with Crippen LogP contribution in [0.5, 0.6) is 0 Å². The predicted molar refractivity (Wildman–Crippen MR) is 63.1 cm³/mol. The number of nitrogens with zero attached hydrogens (tertiary/aromatic N) is 1. The Balaban J connectivity index is 1.71. The summed E-state index contributed by atoms with van der Waals surface area (Å²) in [6.07, 6.45) is 5.25. The van der Waals surface area contributed by atoms with Crippen molar-refractivity contribution in [2.24, 2.45) is 11.7 Å². The molecule has 2 fully saturated rings. The molecule has 0 spiro atoms. The van der Waals surface area contributed by atoms with Crippen molar-refractivity contribution in [1.29, 1.82) is 0 Å². The summed E-state index contributed by atoms with van der Waals surface area (Å²) < 4.78 is 10.8. The quantitative estimate of drug-likeness (QED) is 0.773. The molecule has 2 rings (SSSR count). The van der Waals surface area contributed by atoms with E-state index < -0.39 is 0 Å². The van der Waals surface area contributed by atoms with Crippen molar-refractivity contribution in [2.75, 3.05) is 39.6 Å². The number of ether oxygens (including phenoxy) is 2. The van der Waals surface area contributed by atoms with Gasteiger partial charge in [-0.25, -0.2) is 0 Å². The Morgan fingerprint density at radius 2 is 2.25 bits per heavy atom. The minimum absolute atomic E-state index is 0.380. The normalized spacial score (nSPS) is 32.8. The SMILES string of the molecule is NCCC1CCCN(CC2CCOCO2)C1. The summed E-state index contributed by atoms with van der Waals surface area (Å²) in [7, 11) is 0. The standard InChI is InChI=1S/C12H24N2O2/c13-5-3-11-2-1-6-14(8-11)9-12-4-7-15-10-16-12/h11-12H,1-10,13H2. The minimum Gasteiger partial charge on any atom is -0.355 e. The summed E-state index contributed by atoms with van der Waals surface area (Å²) in [6.45, 7) is 5.66. The second-order valence-electron chi connectivity index (χ2n) is 4.95. The van der Waals surface area contributed by atoms with Crippen molar-refractivity contribution < 1.29 is 9.47 Å². The number of rotatable bonds is 4. The van der Waals surface area contributed by atoms with Crippen molar-refractivity contribution in [2.45, 2.75) is 31.8 Å². The van der Waals surface area contributed by atoms with Gasteiger partial charge in [-0.15, -0.1) is 0 Å². The maximum absolute atomic E-state index is 5.63. The summed E-state index contributed by atoms with van der Waals surface area (Å²) in [5.74, 6) is 0.804. The Bertz CT molecular complexity index is 193. The molecule has 4 nitrogen and oxygen atoms in total. The van der Waals surface area contributed by atoms with Crippen LogP contribution in [-0.4, -0.2) is 50.6 Å². The molecule has 2 aliphatic heterocycles. The first kappa shape index (κ1) is 12.3. The Kier molecular flexibility index (Phi) is 5.03. The highest BCUT2D eigenvalue weighted by atomic mass is 16.7. The first-order valence-corrected chi connectivity index (χ1v) is 6.50. The summed E-state index contributed by atoms with van der Waals surface area (Å²) in [5.41, 5.74) is 5.63. The molecule has 0 aromatic heterocycles. The second kappa shape index (κ2) is 6.55. The molecule has 0 saturated carbocycles.